The smallest absolute Gasteiger partial charge is 0.306 e. The first-order valence-corrected chi connectivity index (χ1v) is 30.0. The lowest BCUT2D eigenvalue weighted by atomic mass is 10.1. The largest absolute Gasteiger partial charge is 0.462 e. The molecule has 0 saturated heterocycles. The summed E-state index contributed by atoms with van der Waals surface area (Å²) in [7, 11) is 0. The third-order valence-corrected chi connectivity index (χ3v) is 12.0. The summed E-state index contributed by atoms with van der Waals surface area (Å²) in [4.78, 5) is 38.1. The average molecular weight is 1030 g/mol. The fraction of sp³-hybridized carbons (Fsp3) is 0.580. The topological polar surface area (TPSA) is 78.9 Å². The third kappa shape index (κ3) is 59.8. The zero-order valence-corrected chi connectivity index (χ0v) is 48.0. The first-order chi connectivity index (χ1) is 37.0. The first-order valence-electron chi connectivity index (χ1n) is 30.0. The Morgan fingerprint density at radius 2 is 0.533 bits per heavy atom. The fourth-order valence-corrected chi connectivity index (χ4v) is 7.57. The maximum absolute atomic E-state index is 12.8. The monoisotopic (exact) mass is 1030 g/mol. The number of carbonyl (C=O) groups is 3. The van der Waals surface area contributed by atoms with Crippen molar-refractivity contribution in [2.24, 2.45) is 0 Å². The SMILES string of the molecule is CC/C=C\C/C=C\C/C=C\C/C=C\C/C=C\C/C=C\C/C=C\C/C=C\C/C=C\CCCC(=O)OCC(COC(=O)CCCCC/C=C\C/C=C\C/C=C\CC)OC(=O)CCCCCCC/C=C\CCCCCCCC. The molecule has 75 heavy (non-hydrogen) atoms. The van der Waals surface area contributed by atoms with Crippen molar-refractivity contribution < 1.29 is 28.6 Å². The van der Waals surface area contributed by atoms with Gasteiger partial charge in [0.1, 0.15) is 13.2 Å². The highest BCUT2D eigenvalue weighted by Crippen LogP contribution is 2.13. The van der Waals surface area contributed by atoms with Gasteiger partial charge in [-0.15, -0.1) is 0 Å². The van der Waals surface area contributed by atoms with Gasteiger partial charge >= 0.3 is 17.9 Å². The van der Waals surface area contributed by atoms with Gasteiger partial charge in [0.05, 0.1) is 0 Å². The molecule has 420 valence electrons. The van der Waals surface area contributed by atoms with Crippen molar-refractivity contribution in [3.63, 3.8) is 0 Å². The Morgan fingerprint density at radius 3 is 0.893 bits per heavy atom. The fourth-order valence-electron chi connectivity index (χ4n) is 7.57. The molecule has 0 N–H and O–H groups in total. The van der Waals surface area contributed by atoms with Crippen molar-refractivity contribution in [2.45, 2.75) is 245 Å². The van der Waals surface area contributed by atoms with Gasteiger partial charge < -0.3 is 14.2 Å². The lowest BCUT2D eigenvalue weighted by Crippen LogP contribution is -2.30. The summed E-state index contributed by atoms with van der Waals surface area (Å²) in [5.74, 6) is -1.02. The van der Waals surface area contributed by atoms with Crippen LogP contribution in [0.15, 0.2) is 158 Å². The predicted octanol–water partition coefficient (Wildman–Crippen LogP) is 20.5. The minimum atomic E-state index is -0.825. The summed E-state index contributed by atoms with van der Waals surface area (Å²) in [5.41, 5.74) is 0. The molecule has 1 atom stereocenters. The summed E-state index contributed by atoms with van der Waals surface area (Å²) in [6.45, 7) is 6.31. The number of ether oxygens (including phenoxy) is 3. The normalized spacial score (nSPS) is 13.3. The molecule has 0 fully saturated rings. The standard InChI is InChI=1S/C69H108O6/c1-4-7-10-13-16-19-22-25-27-28-29-30-31-32-33-34-35-36-37-38-39-40-42-44-47-50-53-56-59-62-68(71)74-65-66(64-73-67(70)61-58-55-52-49-46-43-24-21-18-15-12-9-6-3)75-69(72)63-60-57-54-51-48-45-41-26-23-20-17-14-11-8-5-2/h7,9-10,12,16,18-19,21,25-27,29-30,32-33,35-36,38-39,41-44,46,50,53,66H,4-6,8,11,13-15,17,20,22-24,28,31,34,37,40,45,47-49,51-52,54-65H2,1-3H3/b10-7-,12-9-,19-16-,21-18-,27-25-,30-29-,33-32-,36-35-,39-38-,41-26-,44-42-,46-43-,53-50-. The molecule has 0 saturated carbocycles. The van der Waals surface area contributed by atoms with Crippen LogP contribution in [-0.4, -0.2) is 37.2 Å². The molecule has 6 nitrogen and oxygen atoms in total. The van der Waals surface area contributed by atoms with E-state index in [1.807, 2.05) is 0 Å². The van der Waals surface area contributed by atoms with Crippen LogP contribution in [0.1, 0.15) is 239 Å². The van der Waals surface area contributed by atoms with Crippen molar-refractivity contribution >= 4 is 17.9 Å². The summed E-state index contributed by atoms with van der Waals surface area (Å²) < 4.78 is 16.8. The van der Waals surface area contributed by atoms with Gasteiger partial charge in [0.2, 0.25) is 0 Å². The van der Waals surface area contributed by atoms with Gasteiger partial charge in [0, 0.05) is 19.3 Å². The summed E-state index contributed by atoms with van der Waals surface area (Å²) >= 11 is 0. The van der Waals surface area contributed by atoms with Gasteiger partial charge in [0.25, 0.3) is 0 Å². The summed E-state index contributed by atoms with van der Waals surface area (Å²) in [5, 5.41) is 0. The number of hydrogen-bond acceptors (Lipinski definition) is 6. The van der Waals surface area contributed by atoms with Crippen LogP contribution in [0, 0.1) is 0 Å². The van der Waals surface area contributed by atoms with E-state index in [0.717, 1.165) is 141 Å². The second-order valence-electron chi connectivity index (χ2n) is 19.1. The second kappa shape index (κ2) is 61.6. The molecule has 0 heterocycles. The highest BCUT2D eigenvalue weighted by Gasteiger charge is 2.19. The van der Waals surface area contributed by atoms with Crippen molar-refractivity contribution in [1.82, 2.24) is 0 Å². The van der Waals surface area contributed by atoms with E-state index >= 15 is 0 Å². The molecule has 1 unspecified atom stereocenters. The maximum Gasteiger partial charge on any atom is 0.306 e. The lowest BCUT2D eigenvalue weighted by molar-refractivity contribution is -0.167. The van der Waals surface area contributed by atoms with E-state index in [1.165, 1.54) is 51.4 Å². The van der Waals surface area contributed by atoms with Crippen LogP contribution in [0.4, 0.5) is 0 Å². The average Bonchev–Trinajstić information content (AvgIpc) is 3.41. The van der Waals surface area contributed by atoms with Crippen molar-refractivity contribution in [3.8, 4) is 0 Å². The van der Waals surface area contributed by atoms with Gasteiger partial charge in [-0.2, -0.15) is 0 Å². The van der Waals surface area contributed by atoms with E-state index in [0.29, 0.717) is 19.3 Å². The number of hydrogen-bond donors (Lipinski definition) is 0. The van der Waals surface area contributed by atoms with Crippen molar-refractivity contribution in [2.75, 3.05) is 13.2 Å². The maximum atomic E-state index is 12.8. The summed E-state index contributed by atoms with van der Waals surface area (Å²) in [6.07, 6.45) is 89.6. The molecule has 0 aliphatic rings. The van der Waals surface area contributed by atoms with Crippen molar-refractivity contribution in [1.29, 1.82) is 0 Å². The zero-order chi connectivity index (χ0) is 54.3. The first kappa shape index (κ1) is 70.0. The Hall–Kier alpha value is -4.97. The molecule has 0 radical (unpaired) electrons. The number of esters is 3. The highest BCUT2D eigenvalue weighted by molar-refractivity contribution is 5.71. The molecule has 0 aromatic rings. The van der Waals surface area contributed by atoms with Gasteiger partial charge in [-0.25, -0.2) is 0 Å². The molecule has 0 aromatic carbocycles. The van der Waals surface area contributed by atoms with Crippen LogP contribution in [-0.2, 0) is 28.6 Å². The Kier molecular flexibility index (Phi) is 57.5. The van der Waals surface area contributed by atoms with Crippen LogP contribution in [0.5, 0.6) is 0 Å². The molecular formula is C69H108O6. The predicted molar refractivity (Wildman–Crippen MR) is 325 cm³/mol. The zero-order valence-electron chi connectivity index (χ0n) is 48.0. The van der Waals surface area contributed by atoms with E-state index in [1.54, 1.807) is 0 Å². The third-order valence-electron chi connectivity index (χ3n) is 12.0. The lowest BCUT2D eigenvalue weighted by Gasteiger charge is -2.18. The second-order valence-corrected chi connectivity index (χ2v) is 19.1. The molecular weight excluding hydrogens is 925 g/mol. The molecule has 0 aliphatic carbocycles. The molecule has 0 spiro atoms. The number of rotatable bonds is 52. The van der Waals surface area contributed by atoms with E-state index in [2.05, 4.69) is 179 Å². The number of carbonyl (C=O) groups excluding carboxylic acids is 3. The molecule has 6 heteroatoms. The van der Waals surface area contributed by atoms with Gasteiger partial charge in [-0.1, -0.05) is 237 Å². The van der Waals surface area contributed by atoms with Crippen LogP contribution in [0.2, 0.25) is 0 Å². The molecule has 0 bridgehead atoms. The van der Waals surface area contributed by atoms with Crippen LogP contribution < -0.4 is 0 Å². The van der Waals surface area contributed by atoms with Gasteiger partial charge in [0.15, 0.2) is 6.10 Å². The molecule has 0 rings (SSSR count). The van der Waals surface area contributed by atoms with Crippen LogP contribution >= 0.6 is 0 Å². The van der Waals surface area contributed by atoms with E-state index < -0.39 is 6.10 Å². The number of allylic oxidation sites excluding steroid dienone is 26. The Morgan fingerprint density at radius 1 is 0.280 bits per heavy atom. The minimum Gasteiger partial charge on any atom is -0.462 e. The molecule has 0 aromatic heterocycles. The quantitative estimate of drug-likeness (QED) is 0.0261. The van der Waals surface area contributed by atoms with E-state index in [-0.39, 0.29) is 37.5 Å². The van der Waals surface area contributed by atoms with Crippen LogP contribution in [0.25, 0.3) is 0 Å². The highest BCUT2D eigenvalue weighted by atomic mass is 16.6. The van der Waals surface area contributed by atoms with Gasteiger partial charge in [-0.05, 0) is 141 Å². The Labute approximate surface area is 460 Å². The van der Waals surface area contributed by atoms with E-state index in [4.69, 9.17) is 14.2 Å². The van der Waals surface area contributed by atoms with Gasteiger partial charge in [-0.3, -0.25) is 14.4 Å². The minimum absolute atomic E-state index is 0.121. The van der Waals surface area contributed by atoms with Crippen LogP contribution in [0.3, 0.4) is 0 Å². The number of unbranched alkanes of at least 4 members (excludes halogenated alkanes) is 15. The molecule has 0 aliphatic heterocycles. The van der Waals surface area contributed by atoms with E-state index in [9.17, 15) is 14.4 Å². The molecule has 0 amide bonds. The summed E-state index contributed by atoms with van der Waals surface area (Å²) in [6, 6.07) is 0. The Balaban J connectivity index is 4.47. The Bertz CT molecular complexity index is 1710. The van der Waals surface area contributed by atoms with Crippen molar-refractivity contribution in [3.05, 3.63) is 158 Å².